The predicted molar refractivity (Wildman–Crippen MR) is 76.3 cm³/mol. The van der Waals surface area contributed by atoms with Gasteiger partial charge in [-0.05, 0) is 43.2 Å². The highest BCUT2D eigenvalue weighted by Gasteiger charge is 2.34. The smallest absolute Gasteiger partial charge is 0.258 e. The molecule has 1 fully saturated rings. The molecule has 2 aromatic rings. The van der Waals surface area contributed by atoms with Crippen molar-refractivity contribution in [2.24, 2.45) is 0 Å². The van der Waals surface area contributed by atoms with Crippen molar-refractivity contribution in [3.63, 3.8) is 0 Å². The molecule has 1 amide bonds. The summed E-state index contributed by atoms with van der Waals surface area (Å²) in [6.45, 7) is 0.410. The van der Waals surface area contributed by atoms with Crippen molar-refractivity contribution < 1.29 is 19.1 Å². The molecule has 0 spiro atoms. The van der Waals surface area contributed by atoms with Gasteiger partial charge in [0.2, 0.25) is 0 Å². The number of hydrogen-bond donors (Lipinski definition) is 1. The number of phenolic OH excluding ortho intramolecular Hbond substituents is 1. The molecule has 1 aliphatic carbocycles. The first-order chi connectivity index (χ1) is 10.2. The van der Waals surface area contributed by atoms with Crippen LogP contribution in [0.4, 0.5) is 0 Å². The van der Waals surface area contributed by atoms with Crippen LogP contribution in [0, 0.1) is 0 Å². The number of furan rings is 1. The van der Waals surface area contributed by atoms with E-state index in [-0.39, 0.29) is 23.3 Å². The van der Waals surface area contributed by atoms with Gasteiger partial charge in [-0.3, -0.25) is 4.79 Å². The SMILES string of the molecule is COc1ccc(O)c(C(=O)N(Cc2ccco2)C2CC2)c1. The van der Waals surface area contributed by atoms with Crippen molar-refractivity contribution in [2.45, 2.75) is 25.4 Å². The Kier molecular flexibility index (Phi) is 3.56. The number of aromatic hydroxyl groups is 1. The van der Waals surface area contributed by atoms with E-state index < -0.39 is 0 Å². The Bertz CT molecular complexity index is 632. The minimum Gasteiger partial charge on any atom is -0.507 e. The van der Waals surface area contributed by atoms with Crippen LogP contribution in [0.15, 0.2) is 41.0 Å². The summed E-state index contributed by atoms with van der Waals surface area (Å²) in [6.07, 6.45) is 3.56. The van der Waals surface area contributed by atoms with Crippen molar-refractivity contribution in [3.05, 3.63) is 47.9 Å². The minimum atomic E-state index is -0.203. The fraction of sp³-hybridized carbons (Fsp3) is 0.312. The molecule has 0 radical (unpaired) electrons. The van der Waals surface area contributed by atoms with Crippen LogP contribution in [-0.2, 0) is 6.54 Å². The minimum absolute atomic E-state index is 0.0362. The summed E-state index contributed by atoms with van der Waals surface area (Å²) < 4.78 is 10.4. The normalized spacial score (nSPS) is 14.0. The number of nitrogens with zero attached hydrogens (tertiary/aromatic N) is 1. The third-order valence-electron chi connectivity index (χ3n) is 3.59. The fourth-order valence-electron chi connectivity index (χ4n) is 2.29. The third-order valence-corrected chi connectivity index (χ3v) is 3.59. The first-order valence-corrected chi connectivity index (χ1v) is 6.89. The van der Waals surface area contributed by atoms with Gasteiger partial charge in [0.05, 0.1) is 25.5 Å². The quantitative estimate of drug-likeness (QED) is 0.918. The van der Waals surface area contributed by atoms with Crippen LogP contribution in [-0.4, -0.2) is 29.1 Å². The van der Waals surface area contributed by atoms with Gasteiger partial charge >= 0.3 is 0 Å². The summed E-state index contributed by atoms with van der Waals surface area (Å²) in [4.78, 5) is 14.5. The van der Waals surface area contributed by atoms with Crippen molar-refractivity contribution in [1.82, 2.24) is 4.90 Å². The molecule has 0 saturated heterocycles. The van der Waals surface area contributed by atoms with Gasteiger partial charge in [-0.25, -0.2) is 0 Å². The Morgan fingerprint density at radius 1 is 1.43 bits per heavy atom. The lowest BCUT2D eigenvalue weighted by molar-refractivity contribution is 0.0714. The van der Waals surface area contributed by atoms with E-state index >= 15 is 0 Å². The number of carbonyl (C=O) groups is 1. The number of hydrogen-bond acceptors (Lipinski definition) is 4. The van der Waals surface area contributed by atoms with Gasteiger partial charge < -0.3 is 19.2 Å². The van der Waals surface area contributed by atoms with Crippen molar-refractivity contribution in [3.8, 4) is 11.5 Å². The van der Waals surface area contributed by atoms with Crippen LogP contribution >= 0.6 is 0 Å². The summed E-state index contributed by atoms with van der Waals surface area (Å²) in [6, 6.07) is 8.52. The summed E-state index contributed by atoms with van der Waals surface area (Å²) in [5.74, 6) is 1.04. The Morgan fingerprint density at radius 2 is 2.24 bits per heavy atom. The molecule has 0 aliphatic heterocycles. The van der Waals surface area contributed by atoms with Crippen molar-refractivity contribution >= 4 is 5.91 Å². The second-order valence-electron chi connectivity index (χ2n) is 5.13. The van der Waals surface area contributed by atoms with Crippen LogP contribution < -0.4 is 4.74 Å². The van der Waals surface area contributed by atoms with Gasteiger partial charge in [-0.15, -0.1) is 0 Å². The molecule has 110 valence electrons. The average molecular weight is 287 g/mol. The average Bonchev–Trinajstić information content (AvgIpc) is 3.21. The van der Waals surface area contributed by atoms with Crippen molar-refractivity contribution in [2.75, 3.05) is 7.11 Å². The number of benzene rings is 1. The van der Waals surface area contributed by atoms with E-state index in [1.54, 1.807) is 29.4 Å². The summed E-state index contributed by atoms with van der Waals surface area (Å²) in [5.41, 5.74) is 0.257. The van der Waals surface area contributed by atoms with Crippen LogP contribution in [0.1, 0.15) is 29.0 Å². The number of rotatable bonds is 5. The molecular formula is C16H17NO4. The molecule has 1 aliphatic rings. The molecule has 3 rings (SSSR count). The van der Waals surface area contributed by atoms with E-state index in [1.807, 2.05) is 6.07 Å². The lowest BCUT2D eigenvalue weighted by atomic mass is 10.1. The summed E-state index contributed by atoms with van der Waals surface area (Å²) in [5, 5.41) is 9.95. The first-order valence-electron chi connectivity index (χ1n) is 6.89. The molecule has 0 bridgehead atoms. The highest BCUT2D eigenvalue weighted by Crippen LogP contribution is 2.32. The summed E-state index contributed by atoms with van der Waals surface area (Å²) in [7, 11) is 1.53. The van der Waals surface area contributed by atoms with E-state index in [2.05, 4.69) is 0 Å². The molecule has 1 aromatic heterocycles. The van der Waals surface area contributed by atoms with Crippen LogP contribution in [0.3, 0.4) is 0 Å². The molecular weight excluding hydrogens is 270 g/mol. The van der Waals surface area contributed by atoms with Gasteiger partial charge in [0.25, 0.3) is 5.91 Å². The number of ether oxygens (including phenoxy) is 1. The largest absolute Gasteiger partial charge is 0.507 e. The topological polar surface area (TPSA) is 62.9 Å². The maximum Gasteiger partial charge on any atom is 0.258 e. The highest BCUT2D eigenvalue weighted by atomic mass is 16.5. The zero-order valence-corrected chi connectivity index (χ0v) is 11.8. The van der Waals surface area contributed by atoms with E-state index in [1.165, 1.54) is 13.2 Å². The van der Waals surface area contributed by atoms with Crippen LogP contribution in [0.5, 0.6) is 11.5 Å². The zero-order valence-electron chi connectivity index (χ0n) is 11.8. The van der Waals surface area contributed by atoms with Gasteiger partial charge in [0.1, 0.15) is 17.3 Å². The Labute approximate surface area is 122 Å². The van der Waals surface area contributed by atoms with E-state index in [9.17, 15) is 9.90 Å². The number of methoxy groups -OCH3 is 1. The van der Waals surface area contributed by atoms with Gasteiger partial charge in [-0.1, -0.05) is 0 Å². The standard InChI is InChI=1S/C16H17NO4/c1-20-12-6-7-15(18)14(9-12)16(19)17(11-4-5-11)10-13-3-2-8-21-13/h2-3,6-9,11,18H,4-5,10H2,1H3. The zero-order chi connectivity index (χ0) is 14.8. The molecule has 1 heterocycles. The number of carbonyl (C=O) groups excluding carboxylic acids is 1. The van der Waals surface area contributed by atoms with E-state index in [4.69, 9.17) is 9.15 Å². The lowest BCUT2D eigenvalue weighted by Crippen LogP contribution is -2.32. The third kappa shape index (κ3) is 2.86. The second-order valence-corrected chi connectivity index (χ2v) is 5.13. The molecule has 5 nitrogen and oxygen atoms in total. The first kappa shape index (κ1) is 13.5. The molecule has 1 saturated carbocycles. The second kappa shape index (κ2) is 5.52. The van der Waals surface area contributed by atoms with Crippen molar-refractivity contribution in [1.29, 1.82) is 0 Å². The van der Waals surface area contributed by atoms with E-state index in [0.29, 0.717) is 12.3 Å². The highest BCUT2D eigenvalue weighted by molar-refractivity contribution is 5.97. The molecule has 1 aromatic carbocycles. The Hall–Kier alpha value is -2.43. The van der Waals surface area contributed by atoms with Crippen LogP contribution in [0.2, 0.25) is 0 Å². The van der Waals surface area contributed by atoms with Gasteiger partial charge in [0.15, 0.2) is 0 Å². The number of phenols is 1. The Balaban J connectivity index is 1.87. The molecule has 5 heteroatoms. The molecule has 21 heavy (non-hydrogen) atoms. The maximum absolute atomic E-state index is 12.7. The molecule has 0 atom stereocenters. The van der Waals surface area contributed by atoms with E-state index in [0.717, 1.165) is 18.6 Å². The van der Waals surface area contributed by atoms with Gasteiger partial charge in [-0.2, -0.15) is 0 Å². The van der Waals surface area contributed by atoms with Crippen LogP contribution in [0.25, 0.3) is 0 Å². The fourth-order valence-corrected chi connectivity index (χ4v) is 2.29. The monoisotopic (exact) mass is 287 g/mol. The van der Waals surface area contributed by atoms with Gasteiger partial charge in [0, 0.05) is 6.04 Å². The summed E-state index contributed by atoms with van der Waals surface area (Å²) >= 11 is 0. The molecule has 1 N–H and O–H groups in total. The molecule has 0 unspecified atom stereocenters. The Morgan fingerprint density at radius 3 is 2.86 bits per heavy atom. The maximum atomic E-state index is 12.7. The lowest BCUT2D eigenvalue weighted by Gasteiger charge is -2.22. The number of amides is 1. The predicted octanol–water partition coefficient (Wildman–Crippen LogP) is 2.80.